The van der Waals surface area contributed by atoms with Crippen LogP contribution in [0.15, 0.2) is 0 Å². The molecule has 0 heterocycles. The van der Waals surface area contributed by atoms with Gasteiger partial charge in [0.05, 0.1) is 45.4 Å². The molecule has 3 amide bonds. The first-order valence-electron chi connectivity index (χ1n) is 10.0. The molecule has 0 spiro atoms. The minimum atomic E-state index is -4.33. The molecule has 0 aromatic heterocycles. The molecular weight excluding hydrogens is 579 g/mol. The van der Waals surface area contributed by atoms with Crippen LogP contribution in [0.25, 0.3) is 0 Å². The molecule has 0 bridgehead atoms. The van der Waals surface area contributed by atoms with Gasteiger partial charge in [-0.05, 0) is 0 Å². The summed E-state index contributed by atoms with van der Waals surface area (Å²) in [6.07, 6.45) is 0. The van der Waals surface area contributed by atoms with E-state index in [0.29, 0.717) is 26.3 Å². The van der Waals surface area contributed by atoms with Crippen molar-refractivity contribution < 1.29 is 46.3 Å². The number of rotatable bonds is 21. The third-order valence-electron chi connectivity index (χ3n) is 3.47. The maximum atomic E-state index is 11.6. The highest BCUT2D eigenvalue weighted by Gasteiger charge is 2.19. The van der Waals surface area contributed by atoms with Gasteiger partial charge in [-0.1, -0.05) is 22.6 Å². The Kier molecular flexibility index (Phi) is 19.5. The van der Waals surface area contributed by atoms with Gasteiger partial charge in [0.1, 0.15) is 19.3 Å². The molecule has 0 aliphatic carbocycles. The molecule has 1 atom stereocenters. The first-order chi connectivity index (χ1) is 15.7. The number of amides is 3. The van der Waals surface area contributed by atoms with Crippen LogP contribution in [-0.4, -0.2) is 119 Å². The molecule has 0 aliphatic rings. The standard InChI is InChI=1S/C17H33IN4O10S/c18-1-2-20-15(23)11-31-9-7-29-5-3-21-16(24)12-32-10-8-30-6-4-22-17(25)14(19)13-33(26,27)28/h14H,1-13,19H2,(H,20,23)(H,21,24)(H,22,25)(H,26,27,28). The molecule has 0 saturated carbocycles. The zero-order valence-corrected chi connectivity index (χ0v) is 21.2. The number of hydrogen-bond acceptors (Lipinski definition) is 10. The number of carbonyl (C=O) groups is 3. The number of alkyl halides is 1. The molecule has 0 fully saturated rings. The molecule has 0 aliphatic heterocycles. The van der Waals surface area contributed by atoms with Crippen LogP contribution in [0.5, 0.6) is 0 Å². The third kappa shape index (κ3) is 22.4. The predicted molar refractivity (Wildman–Crippen MR) is 126 cm³/mol. The van der Waals surface area contributed by atoms with Crippen molar-refractivity contribution in [3.05, 3.63) is 0 Å². The Hall–Kier alpha value is -1.15. The van der Waals surface area contributed by atoms with Gasteiger partial charge in [-0.2, -0.15) is 8.42 Å². The lowest BCUT2D eigenvalue weighted by molar-refractivity contribution is -0.127. The molecule has 6 N–H and O–H groups in total. The largest absolute Gasteiger partial charge is 0.377 e. The fourth-order valence-corrected chi connectivity index (χ4v) is 2.88. The maximum absolute atomic E-state index is 11.6. The summed E-state index contributed by atoms with van der Waals surface area (Å²) in [5, 5.41) is 7.65. The second kappa shape index (κ2) is 20.2. The lowest BCUT2D eigenvalue weighted by atomic mass is 10.3. The van der Waals surface area contributed by atoms with Crippen LogP contribution in [0.3, 0.4) is 0 Å². The number of carbonyl (C=O) groups excluding carboxylic acids is 3. The van der Waals surface area contributed by atoms with Crippen molar-refractivity contribution in [2.24, 2.45) is 5.73 Å². The topological polar surface area (TPSA) is 205 Å². The lowest BCUT2D eigenvalue weighted by Gasteiger charge is -2.11. The van der Waals surface area contributed by atoms with Gasteiger partial charge in [-0.3, -0.25) is 18.9 Å². The van der Waals surface area contributed by atoms with Crippen molar-refractivity contribution >= 4 is 50.4 Å². The summed E-state index contributed by atoms with van der Waals surface area (Å²) in [4.78, 5) is 34.4. The number of halogens is 1. The van der Waals surface area contributed by atoms with E-state index in [1.54, 1.807) is 0 Å². The van der Waals surface area contributed by atoms with E-state index < -0.39 is 27.8 Å². The fourth-order valence-electron chi connectivity index (χ4n) is 2.00. The summed E-state index contributed by atoms with van der Waals surface area (Å²) in [5.41, 5.74) is 5.33. The van der Waals surface area contributed by atoms with Gasteiger partial charge in [-0.25, -0.2) is 0 Å². The quantitative estimate of drug-likeness (QED) is 0.0384. The van der Waals surface area contributed by atoms with E-state index in [1.807, 2.05) is 0 Å². The molecular formula is C17H33IN4O10S. The first-order valence-corrected chi connectivity index (χ1v) is 13.2. The van der Waals surface area contributed by atoms with E-state index in [0.717, 1.165) is 4.43 Å². The van der Waals surface area contributed by atoms with Crippen LogP contribution in [0, 0.1) is 0 Å². The summed E-state index contributed by atoms with van der Waals surface area (Å²) >= 11 is 2.16. The van der Waals surface area contributed by atoms with Crippen molar-refractivity contribution in [3.63, 3.8) is 0 Å². The van der Waals surface area contributed by atoms with E-state index in [2.05, 4.69) is 38.5 Å². The van der Waals surface area contributed by atoms with Gasteiger partial charge in [-0.15, -0.1) is 0 Å². The Morgan fingerprint density at radius 3 is 1.73 bits per heavy atom. The second-order valence-electron chi connectivity index (χ2n) is 6.36. The average molecular weight is 612 g/mol. The van der Waals surface area contributed by atoms with Crippen molar-refractivity contribution in [3.8, 4) is 0 Å². The van der Waals surface area contributed by atoms with E-state index >= 15 is 0 Å². The summed E-state index contributed by atoms with van der Waals surface area (Å²) in [5.74, 6) is -2.08. The van der Waals surface area contributed by atoms with Crippen LogP contribution >= 0.6 is 22.6 Å². The van der Waals surface area contributed by atoms with Gasteiger partial charge in [0.25, 0.3) is 10.1 Å². The van der Waals surface area contributed by atoms with E-state index in [9.17, 15) is 22.8 Å². The molecule has 33 heavy (non-hydrogen) atoms. The molecule has 1 unspecified atom stereocenters. The zero-order valence-electron chi connectivity index (χ0n) is 18.3. The Morgan fingerprint density at radius 1 is 0.788 bits per heavy atom. The Balaban J connectivity index is 3.44. The number of nitrogens with one attached hydrogen (secondary N) is 3. The highest BCUT2D eigenvalue weighted by molar-refractivity contribution is 14.1. The van der Waals surface area contributed by atoms with E-state index in [1.165, 1.54) is 0 Å². The SMILES string of the molecule is NC(CS(=O)(=O)O)C(=O)NCCOCCOCC(=O)NCCOCCOCC(=O)NCCI. The van der Waals surface area contributed by atoms with Crippen molar-refractivity contribution in [2.75, 3.05) is 82.7 Å². The fraction of sp³-hybridized carbons (Fsp3) is 0.824. The number of nitrogens with two attached hydrogens (primary N) is 1. The van der Waals surface area contributed by atoms with Crippen molar-refractivity contribution in [1.29, 1.82) is 0 Å². The van der Waals surface area contributed by atoms with Gasteiger partial charge < -0.3 is 40.6 Å². The number of ether oxygens (including phenoxy) is 4. The monoisotopic (exact) mass is 612 g/mol. The van der Waals surface area contributed by atoms with Gasteiger partial charge in [0.2, 0.25) is 17.7 Å². The minimum Gasteiger partial charge on any atom is -0.377 e. The number of hydrogen-bond donors (Lipinski definition) is 5. The lowest BCUT2D eigenvalue weighted by Crippen LogP contribution is -2.45. The van der Waals surface area contributed by atoms with Crippen LogP contribution < -0.4 is 21.7 Å². The van der Waals surface area contributed by atoms with Gasteiger partial charge >= 0.3 is 0 Å². The predicted octanol–water partition coefficient (Wildman–Crippen LogP) is -2.95. The molecule has 14 nitrogen and oxygen atoms in total. The highest BCUT2D eigenvalue weighted by atomic mass is 127. The first kappa shape index (κ1) is 31.9. The van der Waals surface area contributed by atoms with Crippen LogP contribution in [0.2, 0.25) is 0 Å². The third-order valence-corrected chi connectivity index (χ3v) is 4.79. The van der Waals surface area contributed by atoms with Crippen LogP contribution in [0.1, 0.15) is 0 Å². The summed E-state index contributed by atoms with van der Waals surface area (Å²) in [6.45, 7) is 2.16. The van der Waals surface area contributed by atoms with Gasteiger partial charge in [0.15, 0.2) is 0 Å². The molecule has 0 aromatic rings. The van der Waals surface area contributed by atoms with E-state index in [-0.39, 0.29) is 58.0 Å². The normalized spacial score (nSPS) is 12.2. The second-order valence-corrected chi connectivity index (χ2v) is 8.94. The van der Waals surface area contributed by atoms with Crippen LogP contribution in [-0.2, 0) is 43.4 Å². The summed E-state index contributed by atoms with van der Waals surface area (Å²) < 4.78 is 51.5. The molecule has 0 rings (SSSR count). The van der Waals surface area contributed by atoms with Gasteiger partial charge in [0, 0.05) is 24.1 Å². The van der Waals surface area contributed by atoms with Crippen molar-refractivity contribution in [1.82, 2.24) is 16.0 Å². The Morgan fingerprint density at radius 2 is 1.24 bits per heavy atom. The molecule has 0 aromatic carbocycles. The van der Waals surface area contributed by atoms with E-state index in [4.69, 9.17) is 29.2 Å². The van der Waals surface area contributed by atoms with Crippen molar-refractivity contribution in [2.45, 2.75) is 6.04 Å². The average Bonchev–Trinajstić information content (AvgIpc) is 2.74. The highest BCUT2D eigenvalue weighted by Crippen LogP contribution is 1.88. The smallest absolute Gasteiger partial charge is 0.266 e. The Labute approximate surface area is 206 Å². The molecule has 0 saturated heterocycles. The maximum Gasteiger partial charge on any atom is 0.266 e. The molecule has 194 valence electrons. The Bertz CT molecular complexity index is 668. The zero-order chi connectivity index (χ0) is 25.0. The summed E-state index contributed by atoms with van der Waals surface area (Å²) in [7, 11) is -4.33. The van der Waals surface area contributed by atoms with Crippen LogP contribution in [0.4, 0.5) is 0 Å². The molecule has 0 radical (unpaired) electrons. The molecule has 16 heteroatoms. The summed E-state index contributed by atoms with van der Waals surface area (Å²) in [6, 6.07) is -1.37. The minimum absolute atomic E-state index is 0.0162.